The molecule has 0 saturated heterocycles. The van der Waals surface area contributed by atoms with E-state index in [0.717, 1.165) is 0 Å². The Morgan fingerprint density at radius 1 is 0.893 bits per heavy atom. The highest BCUT2D eigenvalue weighted by molar-refractivity contribution is 5.33. The van der Waals surface area contributed by atoms with Gasteiger partial charge >= 0.3 is 0 Å². The number of hydrogen-bond donors (Lipinski definition) is 0. The Labute approximate surface area is 161 Å². The molecule has 2 saturated carbocycles. The highest BCUT2D eigenvalue weighted by Crippen LogP contribution is 2.53. The normalized spacial score (nSPS) is 38.1. The first-order chi connectivity index (χ1) is 13.3. The second kappa shape index (κ2) is 8.54. The summed E-state index contributed by atoms with van der Waals surface area (Å²) in [5.41, 5.74) is -0.179. The minimum absolute atomic E-state index is 0.135. The van der Waals surface area contributed by atoms with Crippen LogP contribution in [0.25, 0.3) is 0 Å². The Bertz CT molecular complexity index is 659. The number of rotatable bonds is 5. The number of alkyl halides is 4. The average Bonchev–Trinajstić information content (AvgIpc) is 2.81. The van der Waals surface area contributed by atoms with Crippen molar-refractivity contribution in [3.8, 4) is 5.75 Å². The molecule has 1 aromatic rings. The van der Waals surface area contributed by atoms with E-state index in [4.69, 9.17) is 4.74 Å². The first-order valence-electron chi connectivity index (χ1n) is 9.98. The molecule has 28 heavy (non-hydrogen) atoms. The summed E-state index contributed by atoms with van der Waals surface area (Å²) in [4.78, 5) is 0. The van der Waals surface area contributed by atoms with Gasteiger partial charge in [-0.15, -0.1) is 0 Å². The summed E-state index contributed by atoms with van der Waals surface area (Å²) < 4.78 is 93.2. The number of halogens is 6. The van der Waals surface area contributed by atoms with E-state index in [9.17, 15) is 26.3 Å². The van der Waals surface area contributed by atoms with Crippen molar-refractivity contribution in [1.29, 1.82) is 0 Å². The summed E-state index contributed by atoms with van der Waals surface area (Å²) in [5, 5.41) is 0. The SMILES string of the molecule is CCCC1C(F)C2C(F)CC(c3ccc(OCC)c(F)c3F)CC(F)C2C1F. The largest absolute Gasteiger partial charge is 0.491 e. The minimum atomic E-state index is -1.82. The minimum Gasteiger partial charge on any atom is -0.491 e. The fourth-order valence-electron chi connectivity index (χ4n) is 5.04. The van der Waals surface area contributed by atoms with E-state index in [2.05, 4.69) is 0 Å². The van der Waals surface area contributed by atoms with Crippen LogP contribution in [0.15, 0.2) is 12.1 Å². The lowest BCUT2D eigenvalue weighted by atomic mass is 9.87. The Morgan fingerprint density at radius 3 is 1.96 bits per heavy atom. The highest BCUT2D eigenvalue weighted by atomic mass is 19.2. The summed E-state index contributed by atoms with van der Waals surface area (Å²) in [5.74, 6) is -7.50. The van der Waals surface area contributed by atoms with Gasteiger partial charge in [0.1, 0.15) is 24.7 Å². The Balaban J connectivity index is 1.89. The van der Waals surface area contributed by atoms with Crippen molar-refractivity contribution in [2.45, 2.75) is 70.1 Å². The van der Waals surface area contributed by atoms with Gasteiger partial charge in [0, 0.05) is 17.8 Å². The third-order valence-corrected chi connectivity index (χ3v) is 6.29. The van der Waals surface area contributed by atoms with Gasteiger partial charge in [-0.2, -0.15) is 4.39 Å². The molecule has 0 amide bonds. The molecule has 6 unspecified atom stereocenters. The summed E-state index contributed by atoms with van der Waals surface area (Å²) in [6, 6.07) is 2.46. The van der Waals surface area contributed by atoms with Crippen molar-refractivity contribution >= 4 is 0 Å². The van der Waals surface area contributed by atoms with Crippen LogP contribution in [0.1, 0.15) is 51.0 Å². The molecule has 1 aromatic carbocycles. The lowest BCUT2D eigenvalue weighted by Gasteiger charge is -2.23. The van der Waals surface area contributed by atoms with E-state index in [0.29, 0.717) is 6.42 Å². The summed E-state index contributed by atoms with van der Waals surface area (Å²) in [6.07, 6.45) is -7.15. The monoisotopic (exact) mass is 408 g/mol. The van der Waals surface area contributed by atoms with Crippen molar-refractivity contribution in [3.05, 3.63) is 29.3 Å². The van der Waals surface area contributed by atoms with Gasteiger partial charge in [0.15, 0.2) is 11.6 Å². The molecule has 3 rings (SSSR count). The van der Waals surface area contributed by atoms with Gasteiger partial charge in [-0.05, 0) is 43.7 Å². The van der Waals surface area contributed by atoms with Crippen LogP contribution < -0.4 is 4.74 Å². The standard InChI is InChI=1S/C21H26F6O/c1-3-5-12-18(24)16-13(22)8-10(9-14(23)17(16)19(12)25)11-6-7-15(28-4-2)21(27)20(11)26/h6-7,10,12-14,16-19H,3-5,8-9H2,1-2H3. The first-order valence-corrected chi connectivity index (χ1v) is 9.98. The zero-order valence-corrected chi connectivity index (χ0v) is 16.0. The molecule has 6 atom stereocenters. The van der Waals surface area contributed by atoms with Crippen molar-refractivity contribution in [2.24, 2.45) is 17.8 Å². The maximum absolute atomic E-state index is 15.0. The summed E-state index contributed by atoms with van der Waals surface area (Å²) in [6.45, 7) is 3.52. The molecule has 0 aromatic heterocycles. The Morgan fingerprint density at radius 2 is 1.46 bits per heavy atom. The van der Waals surface area contributed by atoms with Gasteiger partial charge in [-0.25, -0.2) is 22.0 Å². The smallest absolute Gasteiger partial charge is 0.200 e. The van der Waals surface area contributed by atoms with Crippen LogP contribution in [0.5, 0.6) is 5.75 Å². The van der Waals surface area contributed by atoms with Gasteiger partial charge in [-0.1, -0.05) is 19.4 Å². The topological polar surface area (TPSA) is 9.23 Å². The molecule has 2 aliphatic rings. The predicted octanol–water partition coefficient (Wildman–Crippen LogP) is 6.26. The van der Waals surface area contributed by atoms with E-state index in [1.54, 1.807) is 13.8 Å². The number of fused-ring (bicyclic) bond motifs is 1. The number of benzene rings is 1. The average molecular weight is 408 g/mol. The third-order valence-electron chi connectivity index (χ3n) is 6.29. The van der Waals surface area contributed by atoms with Crippen molar-refractivity contribution in [1.82, 2.24) is 0 Å². The molecule has 0 spiro atoms. The van der Waals surface area contributed by atoms with Gasteiger partial charge in [0.25, 0.3) is 0 Å². The highest BCUT2D eigenvalue weighted by Gasteiger charge is 2.58. The van der Waals surface area contributed by atoms with Gasteiger partial charge in [0.05, 0.1) is 6.61 Å². The van der Waals surface area contributed by atoms with E-state index in [1.807, 2.05) is 0 Å². The molecule has 1 nitrogen and oxygen atoms in total. The zero-order valence-electron chi connectivity index (χ0n) is 16.0. The molecular formula is C21H26F6O. The molecular weight excluding hydrogens is 382 g/mol. The summed E-state index contributed by atoms with van der Waals surface area (Å²) in [7, 11) is 0. The fraction of sp³-hybridized carbons (Fsp3) is 0.714. The first kappa shape index (κ1) is 21.3. The molecule has 0 heterocycles. The summed E-state index contributed by atoms with van der Waals surface area (Å²) >= 11 is 0. The fourth-order valence-corrected chi connectivity index (χ4v) is 5.04. The Hall–Kier alpha value is -1.40. The Kier molecular flexibility index (Phi) is 6.50. The van der Waals surface area contributed by atoms with Crippen molar-refractivity contribution in [3.63, 3.8) is 0 Å². The lowest BCUT2D eigenvalue weighted by Crippen LogP contribution is -2.32. The van der Waals surface area contributed by atoms with Gasteiger partial charge in [0.2, 0.25) is 5.82 Å². The van der Waals surface area contributed by atoms with E-state index >= 15 is 0 Å². The predicted molar refractivity (Wildman–Crippen MR) is 94.5 cm³/mol. The third kappa shape index (κ3) is 3.61. The molecule has 7 heteroatoms. The molecule has 158 valence electrons. The van der Waals surface area contributed by atoms with Gasteiger partial charge < -0.3 is 4.74 Å². The number of ether oxygens (including phenoxy) is 1. The van der Waals surface area contributed by atoms with Crippen molar-refractivity contribution < 1.29 is 31.1 Å². The second-order valence-electron chi connectivity index (χ2n) is 7.91. The van der Waals surface area contributed by atoms with Crippen LogP contribution in [0, 0.1) is 29.4 Å². The van der Waals surface area contributed by atoms with Crippen LogP contribution in [-0.2, 0) is 0 Å². The second-order valence-corrected chi connectivity index (χ2v) is 7.91. The lowest BCUT2D eigenvalue weighted by molar-refractivity contribution is 0.0699. The van der Waals surface area contributed by atoms with Crippen LogP contribution in [0.3, 0.4) is 0 Å². The molecule has 2 fully saturated rings. The van der Waals surface area contributed by atoms with Crippen molar-refractivity contribution in [2.75, 3.05) is 6.61 Å². The van der Waals surface area contributed by atoms with Crippen LogP contribution in [0.4, 0.5) is 26.3 Å². The molecule has 0 bridgehead atoms. The molecule has 0 N–H and O–H groups in total. The molecule has 2 aliphatic carbocycles. The van der Waals surface area contributed by atoms with E-state index in [1.165, 1.54) is 12.1 Å². The van der Waals surface area contributed by atoms with Crippen LogP contribution in [-0.4, -0.2) is 31.3 Å². The molecule has 0 radical (unpaired) electrons. The van der Waals surface area contributed by atoms with Crippen LogP contribution >= 0.6 is 0 Å². The molecule has 0 aliphatic heterocycles. The van der Waals surface area contributed by atoms with E-state index < -0.39 is 60.0 Å². The zero-order chi connectivity index (χ0) is 20.6. The maximum Gasteiger partial charge on any atom is 0.200 e. The van der Waals surface area contributed by atoms with Gasteiger partial charge in [-0.3, -0.25) is 0 Å². The number of hydrogen-bond acceptors (Lipinski definition) is 1. The maximum atomic E-state index is 15.0. The quantitative estimate of drug-likeness (QED) is 0.523. The van der Waals surface area contributed by atoms with E-state index in [-0.39, 0.29) is 37.2 Å². The van der Waals surface area contributed by atoms with Crippen LogP contribution in [0.2, 0.25) is 0 Å².